The highest BCUT2D eigenvalue weighted by Crippen LogP contribution is 2.27. The number of hydrogen-bond acceptors (Lipinski definition) is 4. The van der Waals surface area contributed by atoms with Crippen molar-refractivity contribution in [2.75, 3.05) is 32.8 Å². The van der Waals surface area contributed by atoms with Crippen LogP contribution in [0.2, 0.25) is 10.0 Å². The first-order chi connectivity index (χ1) is 13.3. The van der Waals surface area contributed by atoms with Crippen LogP contribution in [0.4, 0.5) is 0 Å². The summed E-state index contributed by atoms with van der Waals surface area (Å²) in [4.78, 5) is 14.0. The van der Waals surface area contributed by atoms with Crippen LogP contribution in [0.5, 0.6) is 5.75 Å². The summed E-state index contributed by atoms with van der Waals surface area (Å²) in [6, 6.07) is 13.8. The van der Waals surface area contributed by atoms with Crippen LogP contribution in [0.1, 0.15) is 5.56 Å². The van der Waals surface area contributed by atoms with E-state index >= 15 is 0 Å². The quantitative estimate of drug-likeness (QED) is 0.689. The lowest BCUT2D eigenvalue weighted by molar-refractivity contribution is -0.134. The number of sulfonamides is 1. The molecule has 3 rings (SSSR count). The molecule has 28 heavy (non-hydrogen) atoms. The van der Waals surface area contributed by atoms with E-state index in [2.05, 4.69) is 0 Å². The Labute approximate surface area is 174 Å². The molecule has 9 heteroatoms. The lowest BCUT2D eigenvalue weighted by atomic mass is 10.2. The van der Waals surface area contributed by atoms with Gasteiger partial charge in [-0.1, -0.05) is 53.5 Å². The molecule has 0 saturated carbocycles. The Morgan fingerprint density at radius 1 is 1.00 bits per heavy atom. The summed E-state index contributed by atoms with van der Waals surface area (Å²) in [6.45, 7) is 0.980. The number of rotatable bonds is 6. The molecule has 0 aliphatic carbocycles. The Hall–Kier alpha value is -1.80. The molecule has 0 N–H and O–H groups in total. The number of carbonyl (C=O) groups is 1. The van der Waals surface area contributed by atoms with Gasteiger partial charge in [0.15, 0.2) is 6.61 Å². The van der Waals surface area contributed by atoms with Gasteiger partial charge in [0.2, 0.25) is 10.0 Å². The van der Waals surface area contributed by atoms with Crippen molar-refractivity contribution >= 4 is 39.1 Å². The molecule has 0 radical (unpaired) electrons. The second-order valence-electron chi connectivity index (χ2n) is 6.39. The summed E-state index contributed by atoms with van der Waals surface area (Å²) in [5, 5.41) is 0.832. The van der Waals surface area contributed by atoms with Gasteiger partial charge < -0.3 is 9.64 Å². The summed E-state index contributed by atoms with van der Waals surface area (Å²) in [5.41, 5.74) is 0.743. The van der Waals surface area contributed by atoms with Crippen molar-refractivity contribution in [2.45, 2.75) is 5.75 Å². The van der Waals surface area contributed by atoms with Gasteiger partial charge in [-0.05, 0) is 17.7 Å². The first kappa shape index (κ1) is 20.9. The van der Waals surface area contributed by atoms with Crippen LogP contribution in [0, 0.1) is 0 Å². The number of halogens is 2. The Bertz CT molecular complexity index is 930. The fraction of sp³-hybridized carbons (Fsp3) is 0.316. The van der Waals surface area contributed by atoms with Crippen LogP contribution in [0.3, 0.4) is 0 Å². The smallest absolute Gasteiger partial charge is 0.260 e. The Balaban J connectivity index is 1.51. The van der Waals surface area contributed by atoms with Gasteiger partial charge in [0.1, 0.15) is 5.75 Å². The molecular formula is C19H20Cl2N2O4S. The highest BCUT2D eigenvalue weighted by Gasteiger charge is 2.29. The second kappa shape index (κ2) is 9.13. The highest BCUT2D eigenvalue weighted by molar-refractivity contribution is 7.88. The average molecular weight is 443 g/mol. The number of hydrogen-bond donors (Lipinski definition) is 0. The van der Waals surface area contributed by atoms with E-state index in [0.717, 1.165) is 5.56 Å². The summed E-state index contributed by atoms with van der Waals surface area (Å²) >= 11 is 11.9. The Morgan fingerprint density at radius 2 is 1.68 bits per heavy atom. The Kier molecular flexibility index (Phi) is 6.82. The molecule has 1 aliphatic heterocycles. The van der Waals surface area contributed by atoms with Crippen LogP contribution in [-0.4, -0.2) is 56.3 Å². The molecule has 0 atom stereocenters. The van der Waals surface area contributed by atoms with E-state index in [1.54, 1.807) is 35.2 Å². The largest absolute Gasteiger partial charge is 0.482 e. The van der Waals surface area contributed by atoms with E-state index in [0.29, 0.717) is 28.9 Å². The number of benzene rings is 2. The van der Waals surface area contributed by atoms with Gasteiger partial charge in [-0.15, -0.1) is 0 Å². The van der Waals surface area contributed by atoms with Crippen molar-refractivity contribution in [1.29, 1.82) is 0 Å². The van der Waals surface area contributed by atoms with Crippen molar-refractivity contribution in [1.82, 2.24) is 9.21 Å². The maximum atomic E-state index is 12.6. The van der Waals surface area contributed by atoms with Crippen molar-refractivity contribution < 1.29 is 17.9 Å². The van der Waals surface area contributed by atoms with E-state index in [1.807, 2.05) is 18.2 Å². The predicted molar refractivity (Wildman–Crippen MR) is 109 cm³/mol. The SMILES string of the molecule is O=C(COc1cc(Cl)ccc1Cl)N1CCN(S(=O)(=O)Cc2ccccc2)CC1. The molecular weight excluding hydrogens is 423 g/mol. The minimum atomic E-state index is -3.42. The van der Waals surface area contributed by atoms with Gasteiger partial charge in [0, 0.05) is 37.3 Å². The first-order valence-electron chi connectivity index (χ1n) is 8.72. The minimum Gasteiger partial charge on any atom is -0.482 e. The number of nitrogens with zero attached hydrogens (tertiary/aromatic N) is 2. The van der Waals surface area contributed by atoms with E-state index in [4.69, 9.17) is 27.9 Å². The van der Waals surface area contributed by atoms with Crippen LogP contribution in [0.25, 0.3) is 0 Å². The first-order valence-corrected chi connectivity index (χ1v) is 11.1. The number of amides is 1. The summed E-state index contributed by atoms with van der Waals surface area (Å²) in [5.74, 6) is 0.0702. The zero-order valence-electron chi connectivity index (χ0n) is 15.1. The van der Waals surface area contributed by atoms with Crippen molar-refractivity contribution in [3.8, 4) is 5.75 Å². The molecule has 1 aliphatic rings. The van der Waals surface area contributed by atoms with E-state index in [9.17, 15) is 13.2 Å². The van der Waals surface area contributed by atoms with E-state index in [-0.39, 0.29) is 31.4 Å². The van der Waals surface area contributed by atoms with Gasteiger partial charge in [0.05, 0.1) is 10.8 Å². The molecule has 1 saturated heterocycles. The number of piperazine rings is 1. The fourth-order valence-electron chi connectivity index (χ4n) is 2.91. The molecule has 0 bridgehead atoms. The molecule has 0 aromatic heterocycles. The van der Waals surface area contributed by atoms with E-state index in [1.165, 1.54) is 4.31 Å². The minimum absolute atomic E-state index is 0.0435. The molecule has 1 fully saturated rings. The van der Waals surface area contributed by atoms with Gasteiger partial charge in [-0.3, -0.25) is 4.79 Å². The third kappa shape index (κ3) is 5.38. The molecule has 2 aromatic rings. The highest BCUT2D eigenvalue weighted by atomic mass is 35.5. The standard InChI is InChI=1S/C19H20Cl2N2O4S/c20-16-6-7-17(21)18(12-16)27-13-19(24)22-8-10-23(11-9-22)28(25,26)14-15-4-2-1-3-5-15/h1-7,12H,8-11,13-14H2. The topological polar surface area (TPSA) is 66.9 Å². The van der Waals surface area contributed by atoms with Gasteiger partial charge in [-0.2, -0.15) is 4.31 Å². The molecule has 2 aromatic carbocycles. The maximum Gasteiger partial charge on any atom is 0.260 e. The Morgan fingerprint density at radius 3 is 2.36 bits per heavy atom. The van der Waals surface area contributed by atoms with Crippen molar-refractivity contribution in [3.63, 3.8) is 0 Å². The van der Waals surface area contributed by atoms with Crippen LogP contribution >= 0.6 is 23.2 Å². The van der Waals surface area contributed by atoms with Crippen molar-refractivity contribution in [2.24, 2.45) is 0 Å². The summed E-state index contributed by atoms with van der Waals surface area (Å²) < 4.78 is 32.1. The third-order valence-corrected chi connectivity index (χ3v) is 6.82. The predicted octanol–water partition coefficient (Wildman–Crippen LogP) is 3.05. The van der Waals surface area contributed by atoms with Crippen LogP contribution in [0.15, 0.2) is 48.5 Å². The number of carbonyl (C=O) groups excluding carboxylic acids is 1. The summed E-state index contributed by atoms with van der Waals surface area (Å²) in [6.07, 6.45) is 0. The molecule has 0 spiro atoms. The molecule has 1 amide bonds. The zero-order chi connectivity index (χ0) is 20.1. The normalized spacial score (nSPS) is 15.4. The zero-order valence-corrected chi connectivity index (χ0v) is 17.4. The third-order valence-electron chi connectivity index (χ3n) is 4.42. The second-order valence-corrected chi connectivity index (χ2v) is 9.20. The lowest BCUT2D eigenvalue weighted by Gasteiger charge is -2.34. The van der Waals surface area contributed by atoms with Crippen LogP contribution < -0.4 is 4.74 Å². The average Bonchev–Trinajstić information content (AvgIpc) is 2.69. The van der Waals surface area contributed by atoms with Gasteiger partial charge >= 0.3 is 0 Å². The lowest BCUT2D eigenvalue weighted by Crippen LogP contribution is -2.51. The monoisotopic (exact) mass is 442 g/mol. The van der Waals surface area contributed by atoms with Gasteiger partial charge in [-0.25, -0.2) is 8.42 Å². The van der Waals surface area contributed by atoms with E-state index < -0.39 is 10.0 Å². The fourth-order valence-corrected chi connectivity index (χ4v) is 4.76. The van der Waals surface area contributed by atoms with Gasteiger partial charge in [0.25, 0.3) is 5.91 Å². The number of ether oxygens (including phenoxy) is 1. The molecule has 0 unspecified atom stereocenters. The van der Waals surface area contributed by atoms with Crippen LogP contribution in [-0.2, 0) is 20.6 Å². The molecule has 6 nitrogen and oxygen atoms in total. The van der Waals surface area contributed by atoms with Crippen molar-refractivity contribution in [3.05, 3.63) is 64.1 Å². The molecule has 1 heterocycles. The summed E-state index contributed by atoms with van der Waals surface area (Å²) in [7, 11) is -3.42. The molecule has 150 valence electrons. The maximum absolute atomic E-state index is 12.6.